The van der Waals surface area contributed by atoms with E-state index in [4.69, 9.17) is 0 Å². The Morgan fingerprint density at radius 3 is 2.68 bits per heavy atom. The van der Waals surface area contributed by atoms with E-state index in [1.54, 1.807) is 42.3 Å². The molecule has 0 fully saturated rings. The third kappa shape index (κ3) is 2.68. The normalized spacial score (nSPS) is 12.2. The lowest BCUT2D eigenvalue weighted by atomic mass is 10.1. The Balaban J connectivity index is 2.26. The first-order chi connectivity index (χ1) is 9.02. The lowest BCUT2D eigenvalue weighted by molar-refractivity contribution is 0.0740. The van der Waals surface area contributed by atoms with Crippen molar-refractivity contribution in [2.45, 2.75) is 19.9 Å². The summed E-state index contributed by atoms with van der Waals surface area (Å²) in [6, 6.07) is 8.76. The number of thiophene rings is 1. The van der Waals surface area contributed by atoms with Crippen LogP contribution in [0.1, 0.15) is 33.8 Å². The molecule has 0 aliphatic rings. The van der Waals surface area contributed by atoms with Crippen LogP contribution in [0.5, 0.6) is 0 Å². The first-order valence-electron chi connectivity index (χ1n) is 6.08. The van der Waals surface area contributed by atoms with Gasteiger partial charge in [-0.05, 0) is 36.9 Å². The van der Waals surface area contributed by atoms with E-state index in [2.05, 4.69) is 0 Å². The van der Waals surface area contributed by atoms with Gasteiger partial charge in [-0.3, -0.25) is 4.79 Å². The molecular weight excluding hydrogens is 261 g/mol. The van der Waals surface area contributed by atoms with Crippen molar-refractivity contribution in [2.24, 2.45) is 0 Å². The third-order valence-corrected chi connectivity index (χ3v) is 4.32. The van der Waals surface area contributed by atoms with Crippen LogP contribution in [0, 0.1) is 12.7 Å². The molecule has 1 amide bonds. The highest BCUT2D eigenvalue weighted by Gasteiger charge is 2.22. The number of nitrogens with zero attached hydrogens (tertiary/aromatic N) is 1. The summed E-state index contributed by atoms with van der Waals surface area (Å²) in [5, 5.41) is 1.97. The topological polar surface area (TPSA) is 20.3 Å². The number of amides is 1. The van der Waals surface area contributed by atoms with Crippen molar-refractivity contribution >= 4 is 17.2 Å². The summed E-state index contributed by atoms with van der Waals surface area (Å²) in [5.74, 6) is -0.722. The summed E-state index contributed by atoms with van der Waals surface area (Å²) >= 11 is 1.59. The van der Waals surface area contributed by atoms with Crippen LogP contribution < -0.4 is 0 Å². The summed E-state index contributed by atoms with van der Waals surface area (Å²) in [7, 11) is 1.70. The quantitative estimate of drug-likeness (QED) is 0.829. The van der Waals surface area contributed by atoms with Gasteiger partial charge in [0.15, 0.2) is 0 Å². The molecule has 0 saturated heterocycles. The van der Waals surface area contributed by atoms with Crippen molar-refractivity contribution < 1.29 is 9.18 Å². The van der Waals surface area contributed by atoms with Crippen LogP contribution in [-0.4, -0.2) is 17.9 Å². The van der Waals surface area contributed by atoms with E-state index in [1.807, 2.05) is 24.4 Å². The molecule has 19 heavy (non-hydrogen) atoms. The Bertz CT molecular complexity index is 580. The molecule has 0 radical (unpaired) electrons. The fourth-order valence-electron chi connectivity index (χ4n) is 1.90. The first kappa shape index (κ1) is 13.7. The number of benzene rings is 1. The molecule has 0 bridgehead atoms. The standard InChI is InChI=1S/C15H16FNOS/c1-10-6-4-7-12(14(10)16)15(18)17(3)11(2)13-8-5-9-19-13/h4-9,11H,1-3H3. The third-order valence-electron chi connectivity index (χ3n) is 3.28. The average Bonchev–Trinajstić information content (AvgIpc) is 2.93. The number of aryl methyl sites for hydroxylation is 1. The fraction of sp³-hybridized carbons (Fsp3) is 0.267. The molecular formula is C15H16FNOS. The maximum Gasteiger partial charge on any atom is 0.257 e. The summed E-state index contributed by atoms with van der Waals surface area (Å²) in [6.45, 7) is 3.60. The van der Waals surface area contributed by atoms with Crippen molar-refractivity contribution in [3.8, 4) is 0 Å². The maximum absolute atomic E-state index is 14.0. The zero-order valence-electron chi connectivity index (χ0n) is 11.2. The highest BCUT2D eigenvalue weighted by Crippen LogP contribution is 2.25. The minimum atomic E-state index is -0.433. The van der Waals surface area contributed by atoms with Crippen molar-refractivity contribution in [2.75, 3.05) is 7.05 Å². The molecule has 1 aromatic carbocycles. The smallest absolute Gasteiger partial charge is 0.257 e. The van der Waals surface area contributed by atoms with Gasteiger partial charge in [-0.1, -0.05) is 18.2 Å². The van der Waals surface area contributed by atoms with Crippen LogP contribution in [-0.2, 0) is 0 Å². The van der Waals surface area contributed by atoms with Crippen LogP contribution in [0.25, 0.3) is 0 Å². The van der Waals surface area contributed by atoms with Crippen LogP contribution in [0.3, 0.4) is 0 Å². The molecule has 0 N–H and O–H groups in total. The van der Waals surface area contributed by atoms with Crippen LogP contribution in [0.2, 0.25) is 0 Å². The Labute approximate surface area is 116 Å². The number of hydrogen-bond donors (Lipinski definition) is 0. The summed E-state index contributed by atoms with van der Waals surface area (Å²) in [4.78, 5) is 15.0. The summed E-state index contributed by atoms with van der Waals surface area (Å²) in [6.07, 6.45) is 0. The minimum absolute atomic E-state index is 0.0626. The molecule has 100 valence electrons. The number of hydrogen-bond acceptors (Lipinski definition) is 2. The molecule has 2 aromatic rings. The molecule has 2 rings (SSSR count). The van der Waals surface area contributed by atoms with E-state index >= 15 is 0 Å². The van der Waals surface area contributed by atoms with Gasteiger partial charge >= 0.3 is 0 Å². The fourth-order valence-corrected chi connectivity index (χ4v) is 2.72. The summed E-state index contributed by atoms with van der Waals surface area (Å²) < 4.78 is 14.0. The Kier molecular flexibility index (Phi) is 4.00. The zero-order chi connectivity index (χ0) is 14.0. The molecule has 0 spiro atoms. The highest BCUT2D eigenvalue weighted by molar-refractivity contribution is 7.10. The second-order valence-corrected chi connectivity index (χ2v) is 5.52. The van der Waals surface area contributed by atoms with Crippen LogP contribution in [0.15, 0.2) is 35.7 Å². The van der Waals surface area contributed by atoms with Crippen molar-refractivity contribution in [3.63, 3.8) is 0 Å². The van der Waals surface area contributed by atoms with E-state index in [9.17, 15) is 9.18 Å². The molecule has 0 saturated carbocycles. The van der Waals surface area contributed by atoms with E-state index in [-0.39, 0.29) is 17.5 Å². The minimum Gasteiger partial charge on any atom is -0.334 e. The average molecular weight is 277 g/mol. The monoisotopic (exact) mass is 277 g/mol. The lowest BCUT2D eigenvalue weighted by Gasteiger charge is -2.24. The molecule has 1 unspecified atom stereocenters. The van der Waals surface area contributed by atoms with Crippen molar-refractivity contribution in [3.05, 3.63) is 57.5 Å². The van der Waals surface area contributed by atoms with Crippen molar-refractivity contribution in [1.29, 1.82) is 0 Å². The van der Waals surface area contributed by atoms with Gasteiger partial charge in [0.25, 0.3) is 5.91 Å². The van der Waals surface area contributed by atoms with Crippen LogP contribution >= 0.6 is 11.3 Å². The predicted octanol–water partition coefficient (Wildman–Crippen LogP) is 4.03. The van der Waals surface area contributed by atoms with E-state index in [0.29, 0.717) is 5.56 Å². The van der Waals surface area contributed by atoms with Crippen molar-refractivity contribution in [1.82, 2.24) is 4.90 Å². The van der Waals surface area contributed by atoms with Gasteiger partial charge in [0, 0.05) is 11.9 Å². The number of halogens is 1. The van der Waals surface area contributed by atoms with Gasteiger partial charge in [0.2, 0.25) is 0 Å². The molecule has 0 aliphatic heterocycles. The molecule has 2 nitrogen and oxygen atoms in total. The van der Waals surface area contributed by atoms with Gasteiger partial charge < -0.3 is 4.90 Å². The Morgan fingerprint density at radius 1 is 1.32 bits per heavy atom. The van der Waals surface area contributed by atoms with Gasteiger partial charge in [-0.2, -0.15) is 0 Å². The zero-order valence-corrected chi connectivity index (χ0v) is 12.0. The Hall–Kier alpha value is -1.68. The largest absolute Gasteiger partial charge is 0.334 e. The second kappa shape index (κ2) is 5.53. The molecule has 1 heterocycles. The predicted molar refractivity (Wildman–Crippen MR) is 76.0 cm³/mol. The molecule has 1 aromatic heterocycles. The molecule has 1 atom stereocenters. The summed E-state index contributed by atoms with van der Waals surface area (Å²) in [5.41, 5.74) is 0.619. The molecule has 0 aliphatic carbocycles. The Morgan fingerprint density at radius 2 is 2.05 bits per heavy atom. The maximum atomic E-state index is 14.0. The van der Waals surface area contributed by atoms with Gasteiger partial charge in [0.05, 0.1) is 11.6 Å². The highest BCUT2D eigenvalue weighted by atomic mass is 32.1. The lowest BCUT2D eigenvalue weighted by Crippen LogP contribution is -2.30. The number of carbonyl (C=O) groups is 1. The van der Waals surface area contributed by atoms with Gasteiger partial charge in [-0.15, -0.1) is 11.3 Å². The van der Waals surface area contributed by atoms with E-state index in [0.717, 1.165) is 4.88 Å². The number of rotatable bonds is 3. The van der Waals surface area contributed by atoms with E-state index < -0.39 is 5.82 Å². The van der Waals surface area contributed by atoms with Gasteiger partial charge in [-0.25, -0.2) is 4.39 Å². The number of carbonyl (C=O) groups excluding carboxylic acids is 1. The first-order valence-corrected chi connectivity index (χ1v) is 6.96. The SMILES string of the molecule is Cc1cccc(C(=O)N(C)C(C)c2cccs2)c1F. The van der Waals surface area contributed by atoms with E-state index in [1.165, 1.54) is 6.07 Å². The second-order valence-electron chi connectivity index (χ2n) is 4.54. The molecule has 4 heteroatoms. The van der Waals surface area contributed by atoms with Gasteiger partial charge in [0.1, 0.15) is 5.82 Å². The van der Waals surface area contributed by atoms with Crippen LogP contribution in [0.4, 0.5) is 4.39 Å².